The quantitative estimate of drug-likeness (QED) is 0.735. The van der Waals surface area contributed by atoms with Crippen molar-refractivity contribution in [2.75, 3.05) is 19.4 Å². The lowest BCUT2D eigenvalue weighted by Gasteiger charge is -2.26. The van der Waals surface area contributed by atoms with E-state index in [2.05, 4.69) is 24.0 Å². The molecule has 2 N–H and O–H groups in total. The highest BCUT2D eigenvalue weighted by Crippen LogP contribution is 2.32. The number of likely N-dealkylation sites (N-methyl/N-ethyl adjacent to an activating group) is 1. The Kier molecular flexibility index (Phi) is 6.69. The third kappa shape index (κ3) is 5.23. The Morgan fingerprint density at radius 3 is 2.87 bits per heavy atom. The topological polar surface area (TPSA) is 32.3 Å². The Morgan fingerprint density at radius 2 is 2.27 bits per heavy atom. The molecule has 0 radical (unpaired) electrons. The average Bonchev–Trinajstić information content (AvgIpc) is 2.25. The molecule has 0 aliphatic heterocycles. The van der Waals surface area contributed by atoms with Crippen LogP contribution >= 0.6 is 11.8 Å². The number of nitrogens with one attached hydrogen (secondary N) is 1. The molecule has 1 fully saturated rings. The molecule has 0 aromatic carbocycles. The highest BCUT2D eigenvalue weighted by Gasteiger charge is 2.19. The van der Waals surface area contributed by atoms with Gasteiger partial charge in [0.25, 0.3) is 0 Å². The van der Waals surface area contributed by atoms with Crippen LogP contribution in [0.25, 0.3) is 0 Å². The van der Waals surface area contributed by atoms with Gasteiger partial charge in [-0.25, -0.2) is 0 Å². The first kappa shape index (κ1) is 13.3. The van der Waals surface area contributed by atoms with Crippen molar-refractivity contribution in [2.24, 2.45) is 5.92 Å². The Morgan fingerprint density at radius 1 is 1.47 bits per heavy atom. The number of rotatable bonds is 6. The molecule has 3 atom stereocenters. The predicted molar refractivity (Wildman–Crippen MR) is 68.4 cm³/mol. The maximum Gasteiger partial charge on any atom is 0.0584 e. The Balaban J connectivity index is 2.08. The summed E-state index contributed by atoms with van der Waals surface area (Å²) in [7, 11) is 1.92. The van der Waals surface area contributed by atoms with Crippen LogP contribution in [0, 0.1) is 5.92 Å². The maximum absolute atomic E-state index is 9.03. The molecule has 3 unspecified atom stereocenters. The van der Waals surface area contributed by atoms with E-state index in [-0.39, 0.29) is 6.61 Å². The third-order valence-electron chi connectivity index (χ3n) is 3.34. The van der Waals surface area contributed by atoms with E-state index in [1.165, 1.54) is 31.4 Å². The summed E-state index contributed by atoms with van der Waals surface area (Å²) in [6.45, 7) is 2.63. The molecule has 3 heteroatoms. The highest BCUT2D eigenvalue weighted by molar-refractivity contribution is 7.99. The zero-order valence-corrected chi connectivity index (χ0v) is 10.9. The molecular formula is C12H25NOS. The molecule has 0 heterocycles. The first-order chi connectivity index (χ1) is 7.26. The number of hydrogen-bond acceptors (Lipinski definition) is 3. The van der Waals surface area contributed by atoms with Gasteiger partial charge in [0, 0.05) is 11.3 Å². The van der Waals surface area contributed by atoms with Crippen LogP contribution in [0.1, 0.15) is 39.0 Å². The standard InChI is InChI=1S/C12H25NOS/c1-10-4-3-5-12(8-10)15-7-6-11(9-14)13-2/h10-14H,3-9H2,1-2H3. The molecule has 0 saturated heterocycles. The molecule has 0 aromatic heterocycles. The Bertz CT molecular complexity index is 162. The molecule has 0 bridgehead atoms. The van der Waals surface area contributed by atoms with Crippen molar-refractivity contribution in [1.82, 2.24) is 5.32 Å². The van der Waals surface area contributed by atoms with Crippen molar-refractivity contribution in [2.45, 2.75) is 50.3 Å². The summed E-state index contributed by atoms with van der Waals surface area (Å²) < 4.78 is 0. The van der Waals surface area contributed by atoms with Gasteiger partial charge in [0.1, 0.15) is 0 Å². The summed E-state index contributed by atoms with van der Waals surface area (Å²) in [5.74, 6) is 2.11. The van der Waals surface area contributed by atoms with Gasteiger partial charge in [-0.1, -0.05) is 19.8 Å². The molecule has 0 amide bonds. The fraction of sp³-hybridized carbons (Fsp3) is 1.00. The van der Waals surface area contributed by atoms with Gasteiger partial charge in [-0.05, 0) is 38.0 Å². The van der Waals surface area contributed by atoms with Gasteiger partial charge in [-0.15, -0.1) is 0 Å². The van der Waals surface area contributed by atoms with Crippen LogP contribution in [0.2, 0.25) is 0 Å². The molecule has 0 spiro atoms. The van der Waals surface area contributed by atoms with Gasteiger partial charge >= 0.3 is 0 Å². The van der Waals surface area contributed by atoms with Crippen LogP contribution in [0.4, 0.5) is 0 Å². The first-order valence-electron chi connectivity index (χ1n) is 6.16. The minimum Gasteiger partial charge on any atom is -0.395 e. The smallest absolute Gasteiger partial charge is 0.0584 e. The molecular weight excluding hydrogens is 206 g/mol. The second kappa shape index (κ2) is 7.53. The summed E-state index contributed by atoms with van der Waals surface area (Å²) in [4.78, 5) is 0. The van der Waals surface area contributed by atoms with Crippen molar-refractivity contribution in [3.63, 3.8) is 0 Å². The maximum atomic E-state index is 9.03. The minimum atomic E-state index is 0.262. The van der Waals surface area contributed by atoms with Crippen LogP contribution in [0.5, 0.6) is 0 Å². The molecule has 90 valence electrons. The Labute approximate surface area is 98.2 Å². The van der Waals surface area contributed by atoms with E-state index in [9.17, 15) is 0 Å². The lowest BCUT2D eigenvalue weighted by Crippen LogP contribution is -2.29. The van der Waals surface area contributed by atoms with E-state index in [1.807, 2.05) is 7.05 Å². The van der Waals surface area contributed by atoms with Crippen LogP contribution < -0.4 is 5.32 Å². The predicted octanol–water partition coefficient (Wildman–Crippen LogP) is 2.27. The van der Waals surface area contributed by atoms with Crippen molar-refractivity contribution in [3.05, 3.63) is 0 Å². The lowest BCUT2D eigenvalue weighted by atomic mass is 9.91. The van der Waals surface area contributed by atoms with E-state index in [0.29, 0.717) is 6.04 Å². The normalized spacial score (nSPS) is 29.0. The van der Waals surface area contributed by atoms with E-state index in [1.54, 1.807) is 0 Å². The average molecular weight is 231 g/mol. The van der Waals surface area contributed by atoms with E-state index in [0.717, 1.165) is 17.6 Å². The van der Waals surface area contributed by atoms with Crippen molar-refractivity contribution < 1.29 is 5.11 Å². The SMILES string of the molecule is CNC(CO)CCSC1CCCC(C)C1. The van der Waals surface area contributed by atoms with Gasteiger partial charge in [0.05, 0.1) is 6.61 Å². The minimum absolute atomic E-state index is 0.262. The first-order valence-corrected chi connectivity index (χ1v) is 7.20. The van der Waals surface area contributed by atoms with Crippen LogP contribution in [0.3, 0.4) is 0 Å². The zero-order valence-electron chi connectivity index (χ0n) is 10.0. The summed E-state index contributed by atoms with van der Waals surface area (Å²) in [5, 5.41) is 13.0. The number of aliphatic hydroxyl groups excluding tert-OH is 1. The lowest BCUT2D eigenvalue weighted by molar-refractivity contribution is 0.246. The van der Waals surface area contributed by atoms with Crippen molar-refractivity contribution >= 4 is 11.8 Å². The summed E-state index contributed by atoms with van der Waals surface area (Å²) >= 11 is 2.11. The largest absolute Gasteiger partial charge is 0.395 e. The fourth-order valence-electron chi connectivity index (χ4n) is 2.23. The van der Waals surface area contributed by atoms with Crippen molar-refractivity contribution in [3.8, 4) is 0 Å². The Hall–Kier alpha value is 0.270. The molecule has 1 aliphatic carbocycles. The second-order valence-electron chi connectivity index (χ2n) is 4.72. The van der Waals surface area contributed by atoms with Gasteiger partial charge < -0.3 is 10.4 Å². The van der Waals surface area contributed by atoms with Crippen LogP contribution in [-0.4, -0.2) is 35.8 Å². The van der Waals surface area contributed by atoms with Crippen molar-refractivity contribution in [1.29, 1.82) is 0 Å². The van der Waals surface area contributed by atoms with Gasteiger partial charge in [0.15, 0.2) is 0 Å². The fourth-order valence-corrected chi connectivity index (χ4v) is 3.79. The number of thioether (sulfide) groups is 1. The van der Waals surface area contributed by atoms with Gasteiger partial charge in [-0.2, -0.15) is 11.8 Å². The van der Waals surface area contributed by atoms with Crippen LogP contribution in [-0.2, 0) is 0 Å². The molecule has 1 rings (SSSR count). The summed E-state index contributed by atoms with van der Waals surface area (Å²) in [6.07, 6.45) is 6.72. The number of hydrogen-bond donors (Lipinski definition) is 2. The summed E-state index contributed by atoms with van der Waals surface area (Å²) in [6, 6.07) is 0.290. The van der Waals surface area contributed by atoms with Gasteiger partial charge in [0.2, 0.25) is 0 Å². The number of aliphatic hydroxyl groups is 1. The highest BCUT2D eigenvalue weighted by atomic mass is 32.2. The zero-order chi connectivity index (χ0) is 11.1. The molecule has 0 aromatic rings. The van der Waals surface area contributed by atoms with E-state index >= 15 is 0 Å². The molecule has 1 aliphatic rings. The van der Waals surface area contributed by atoms with Gasteiger partial charge in [-0.3, -0.25) is 0 Å². The molecule has 2 nitrogen and oxygen atoms in total. The molecule has 1 saturated carbocycles. The second-order valence-corrected chi connectivity index (χ2v) is 6.13. The van der Waals surface area contributed by atoms with Crippen LogP contribution in [0.15, 0.2) is 0 Å². The summed E-state index contributed by atoms with van der Waals surface area (Å²) in [5.41, 5.74) is 0. The molecule has 15 heavy (non-hydrogen) atoms. The third-order valence-corrected chi connectivity index (χ3v) is 4.71. The van der Waals surface area contributed by atoms with E-state index < -0.39 is 0 Å². The van der Waals surface area contributed by atoms with E-state index in [4.69, 9.17) is 5.11 Å². The monoisotopic (exact) mass is 231 g/mol.